The monoisotopic (exact) mass is 550 g/mol. The number of hydrogen-bond acceptors (Lipinski definition) is 8. The van der Waals surface area contributed by atoms with Gasteiger partial charge in [0.15, 0.2) is 0 Å². The van der Waals surface area contributed by atoms with Crippen LogP contribution < -0.4 is 18.9 Å². The first kappa shape index (κ1) is 35.1. The maximum Gasteiger partial charge on any atom is 2.00 e. The van der Waals surface area contributed by atoms with Gasteiger partial charge in [-0.3, -0.25) is 0 Å². The summed E-state index contributed by atoms with van der Waals surface area (Å²) >= 11 is 0. The van der Waals surface area contributed by atoms with Crippen molar-refractivity contribution in [2.75, 3.05) is 0 Å². The number of rotatable bonds is 12. The van der Waals surface area contributed by atoms with E-state index in [0.717, 1.165) is 25.7 Å². The summed E-state index contributed by atoms with van der Waals surface area (Å²) in [5.74, 6) is 0.859. The number of ether oxygens (including phenoxy) is 4. The Hall–Kier alpha value is -1.93. The molecule has 206 valence electrons. The summed E-state index contributed by atoms with van der Waals surface area (Å²) in [6, 6.07) is 6.43. The molecule has 9 heteroatoms. The molecule has 0 N–H and O–H groups in total. The zero-order valence-electron chi connectivity index (χ0n) is 24.9. The number of aromatic nitrogens is 4. The molecule has 0 unspecified atom stereocenters. The van der Waals surface area contributed by atoms with E-state index in [2.05, 4.69) is 59.8 Å². The molecule has 0 amide bonds. The molecule has 0 bridgehead atoms. The van der Waals surface area contributed by atoms with Crippen LogP contribution in [0.5, 0.6) is 23.8 Å². The van der Waals surface area contributed by atoms with Crippen LogP contribution in [0.15, 0.2) is 12.4 Å². The number of hydrogen-bond donors (Lipinski definition) is 0. The van der Waals surface area contributed by atoms with Gasteiger partial charge in [-0.1, -0.05) is 27.7 Å². The van der Waals surface area contributed by atoms with Crippen LogP contribution in [-0.4, -0.2) is 42.3 Å². The van der Waals surface area contributed by atoms with Crippen LogP contribution >= 0.6 is 0 Å². The molecular formula is C28H46N4O4Ti. The van der Waals surface area contributed by atoms with E-state index in [0.29, 0.717) is 23.8 Å². The van der Waals surface area contributed by atoms with Crippen molar-refractivity contribution in [3.63, 3.8) is 0 Å². The summed E-state index contributed by atoms with van der Waals surface area (Å²) in [7, 11) is 0. The normalized spacial score (nSPS) is 12.0. The molecule has 0 aliphatic rings. The van der Waals surface area contributed by atoms with Crippen molar-refractivity contribution in [3.8, 4) is 23.8 Å². The molecule has 0 saturated heterocycles. The molecule has 0 aromatic carbocycles. The minimum absolute atomic E-state index is 0. The fourth-order valence-corrected chi connectivity index (χ4v) is 2.09. The molecule has 8 nitrogen and oxygen atoms in total. The summed E-state index contributed by atoms with van der Waals surface area (Å²) in [6.45, 7) is 24.3. The quantitative estimate of drug-likeness (QED) is 0.210. The van der Waals surface area contributed by atoms with Gasteiger partial charge >= 0.3 is 33.7 Å². The van der Waals surface area contributed by atoms with Gasteiger partial charge in [0.1, 0.15) is 22.4 Å². The Bertz CT molecular complexity index is 794. The topological polar surface area (TPSA) is 88.5 Å². The van der Waals surface area contributed by atoms with Crippen molar-refractivity contribution in [3.05, 3.63) is 24.5 Å². The summed E-state index contributed by atoms with van der Waals surface area (Å²) in [6.07, 6.45) is 6.62. The van der Waals surface area contributed by atoms with E-state index < -0.39 is 0 Å². The Morgan fingerprint density at radius 2 is 0.811 bits per heavy atom. The first-order valence-corrected chi connectivity index (χ1v) is 12.8. The predicted molar refractivity (Wildman–Crippen MR) is 142 cm³/mol. The molecule has 2 aromatic rings. The predicted octanol–water partition coefficient (Wildman–Crippen LogP) is 6.82. The molecule has 0 radical (unpaired) electrons. The van der Waals surface area contributed by atoms with Crippen molar-refractivity contribution in [2.45, 2.75) is 131 Å². The van der Waals surface area contributed by atoms with Crippen LogP contribution in [-0.2, 0) is 21.7 Å². The van der Waals surface area contributed by atoms with Crippen molar-refractivity contribution in [1.82, 2.24) is 19.9 Å². The Morgan fingerprint density at radius 3 is 1.08 bits per heavy atom. The largest absolute Gasteiger partial charge is 2.00 e. The smallest absolute Gasteiger partial charge is 0.506 e. The van der Waals surface area contributed by atoms with Crippen LogP contribution in [0.3, 0.4) is 0 Å². The van der Waals surface area contributed by atoms with Gasteiger partial charge in [-0.2, -0.15) is 9.97 Å². The SMILES string of the molecule is CCC(C)(C)Oc1[c-]cnc(OC(C)(C)CC)n1.CCC(C)(C)Oc1[c-]cnc(OC(C)(C)CC)n1.[Ti+2]. The second kappa shape index (κ2) is 14.9. The molecule has 0 saturated carbocycles. The molecule has 37 heavy (non-hydrogen) atoms. The maximum atomic E-state index is 5.75. The van der Waals surface area contributed by atoms with Gasteiger partial charge in [-0.25, -0.2) is 9.97 Å². The van der Waals surface area contributed by atoms with Crippen LogP contribution in [0.4, 0.5) is 0 Å². The zero-order chi connectivity index (χ0) is 27.6. The average Bonchev–Trinajstić information content (AvgIpc) is 2.79. The minimum atomic E-state index is -0.279. The van der Waals surface area contributed by atoms with Crippen LogP contribution in [0.25, 0.3) is 0 Å². The summed E-state index contributed by atoms with van der Waals surface area (Å²) in [5, 5.41) is 0. The Balaban J connectivity index is 0.000000682. The van der Waals surface area contributed by atoms with Crippen LogP contribution in [0.1, 0.15) is 109 Å². The van der Waals surface area contributed by atoms with E-state index in [4.69, 9.17) is 18.9 Å². The van der Waals surface area contributed by atoms with Gasteiger partial charge in [-0.05, 0) is 81.1 Å². The first-order valence-electron chi connectivity index (χ1n) is 12.8. The Morgan fingerprint density at radius 1 is 0.541 bits per heavy atom. The average molecular weight is 551 g/mol. The molecule has 0 atom stereocenters. The maximum absolute atomic E-state index is 5.75. The number of nitrogens with zero attached hydrogens (tertiary/aromatic N) is 4. The van der Waals surface area contributed by atoms with E-state index >= 15 is 0 Å². The van der Waals surface area contributed by atoms with Gasteiger partial charge < -0.3 is 31.1 Å². The molecule has 2 heterocycles. The van der Waals surface area contributed by atoms with Crippen LogP contribution in [0.2, 0.25) is 0 Å². The third-order valence-electron chi connectivity index (χ3n) is 6.01. The zero-order valence-corrected chi connectivity index (χ0v) is 26.5. The van der Waals surface area contributed by atoms with Crippen molar-refractivity contribution in [1.29, 1.82) is 0 Å². The van der Waals surface area contributed by atoms with Crippen molar-refractivity contribution < 1.29 is 40.7 Å². The van der Waals surface area contributed by atoms with E-state index in [1.54, 1.807) is 0 Å². The second-order valence-corrected chi connectivity index (χ2v) is 11.1. The molecule has 0 aliphatic carbocycles. The Kier molecular flexibility index (Phi) is 14.1. The van der Waals surface area contributed by atoms with E-state index in [9.17, 15) is 0 Å². The summed E-state index contributed by atoms with van der Waals surface area (Å²) < 4.78 is 22.9. The fraction of sp³-hybridized carbons (Fsp3) is 0.714. The molecule has 2 rings (SSSR count). The molecule has 0 spiro atoms. The minimum Gasteiger partial charge on any atom is -0.506 e. The van der Waals surface area contributed by atoms with Gasteiger partial charge in [0, 0.05) is 11.8 Å². The van der Waals surface area contributed by atoms with E-state index in [1.807, 2.05) is 55.4 Å². The van der Waals surface area contributed by atoms with Crippen molar-refractivity contribution in [2.24, 2.45) is 0 Å². The molecule has 2 aromatic heterocycles. The molecule has 0 fully saturated rings. The third-order valence-corrected chi connectivity index (χ3v) is 6.01. The fourth-order valence-electron chi connectivity index (χ4n) is 2.09. The van der Waals surface area contributed by atoms with E-state index in [-0.39, 0.29) is 44.1 Å². The molecular weight excluding hydrogens is 504 g/mol. The van der Waals surface area contributed by atoms with E-state index in [1.165, 1.54) is 12.4 Å². The van der Waals surface area contributed by atoms with Gasteiger partial charge in [-0.15, -0.1) is 12.4 Å². The third kappa shape index (κ3) is 14.0. The molecule has 0 aliphatic heterocycles. The standard InChI is InChI=1S/2C14H23N2O2.Ti/c2*1-7-13(3,4)17-11-9-10-15-12(16-11)18-14(5,6)8-2;/h2*10H,7-8H2,1-6H3;/q2*-1;+2. The van der Waals surface area contributed by atoms with Gasteiger partial charge in [0.25, 0.3) is 0 Å². The summed E-state index contributed by atoms with van der Waals surface area (Å²) in [5.41, 5.74) is -1.08. The first-order chi connectivity index (χ1) is 16.6. The van der Waals surface area contributed by atoms with Crippen molar-refractivity contribution >= 4 is 0 Å². The second-order valence-electron chi connectivity index (χ2n) is 11.1. The van der Waals surface area contributed by atoms with Gasteiger partial charge in [0.2, 0.25) is 0 Å². The van der Waals surface area contributed by atoms with Crippen LogP contribution in [0, 0.1) is 12.1 Å². The van der Waals surface area contributed by atoms with Gasteiger partial charge in [0.05, 0.1) is 0 Å². The Labute approximate surface area is 239 Å². The summed E-state index contributed by atoms with van der Waals surface area (Å²) in [4.78, 5) is 16.6.